The molecule has 4 rings (SSSR count). The fraction of sp³-hybridized carbons (Fsp3) is 0.632. The lowest BCUT2D eigenvalue weighted by molar-refractivity contribution is -0.121. The van der Waals surface area contributed by atoms with Crippen molar-refractivity contribution in [1.29, 1.82) is 0 Å². The Labute approximate surface area is 152 Å². The van der Waals surface area contributed by atoms with Gasteiger partial charge in [0.15, 0.2) is 0 Å². The molecule has 3 aliphatic heterocycles. The molecule has 3 heterocycles. The van der Waals surface area contributed by atoms with Gasteiger partial charge in [-0.05, 0) is 36.6 Å². The second-order valence-electron chi connectivity index (χ2n) is 7.59. The first-order valence-corrected chi connectivity index (χ1v) is 9.49. The second kappa shape index (κ2) is 6.53. The maximum absolute atomic E-state index is 13.5. The van der Waals surface area contributed by atoms with Gasteiger partial charge in [0.25, 0.3) is 0 Å². The van der Waals surface area contributed by atoms with Crippen molar-refractivity contribution in [1.82, 2.24) is 10.2 Å². The molecule has 1 spiro atoms. The zero-order valence-electron chi connectivity index (χ0n) is 14.4. The number of carbonyl (C=O) groups is 1. The summed E-state index contributed by atoms with van der Waals surface area (Å²) in [4.78, 5) is 13.9. The van der Waals surface area contributed by atoms with Crippen molar-refractivity contribution in [3.05, 3.63) is 34.6 Å². The van der Waals surface area contributed by atoms with Crippen LogP contribution in [-0.2, 0) is 16.1 Å². The molecule has 1 amide bonds. The van der Waals surface area contributed by atoms with Crippen molar-refractivity contribution < 1.29 is 13.9 Å². The molecule has 0 aliphatic carbocycles. The molecule has 136 valence electrons. The SMILES string of the molecule is CCC(=O)NC[C@H]1[C@H]2CN(Cc3cc(F)ccc3Cl)C[C@]23CC[C@H]1O3. The van der Waals surface area contributed by atoms with E-state index in [1.54, 1.807) is 6.07 Å². The molecule has 4 nitrogen and oxygen atoms in total. The number of halogens is 2. The zero-order valence-corrected chi connectivity index (χ0v) is 15.2. The minimum Gasteiger partial charge on any atom is -0.370 e. The maximum Gasteiger partial charge on any atom is 0.219 e. The Hall–Kier alpha value is -1.17. The number of hydrogen-bond donors (Lipinski definition) is 1. The Bertz CT molecular complexity index is 685. The summed E-state index contributed by atoms with van der Waals surface area (Å²) in [6.07, 6.45) is 2.92. The summed E-state index contributed by atoms with van der Waals surface area (Å²) in [7, 11) is 0. The van der Waals surface area contributed by atoms with Gasteiger partial charge in [-0.15, -0.1) is 0 Å². The van der Waals surface area contributed by atoms with E-state index >= 15 is 0 Å². The average Bonchev–Trinajstić information content (AvgIpc) is 3.23. The van der Waals surface area contributed by atoms with Gasteiger partial charge in [-0.1, -0.05) is 18.5 Å². The highest BCUT2D eigenvalue weighted by molar-refractivity contribution is 6.31. The van der Waals surface area contributed by atoms with Crippen LogP contribution in [0.3, 0.4) is 0 Å². The summed E-state index contributed by atoms with van der Waals surface area (Å²) in [5.74, 6) is 0.639. The van der Waals surface area contributed by atoms with Crippen LogP contribution in [0.15, 0.2) is 18.2 Å². The molecule has 1 N–H and O–H groups in total. The quantitative estimate of drug-likeness (QED) is 0.871. The van der Waals surface area contributed by atoms with Crippen LogP contribution in [0.1, 0.15) is 31.7 Å². The monoisotopic (exact) mass is 366 g/mol. The summed E-state index contributed by atoms with van der Waals surface area (Å²) in [5.41, 5.74) is 0.731. The third-order valence-corrected chi connectivity index (χ3v) is 6.48. The number of rotatable bonds is 5. The third kappa shape index (κ3) is 3.07. The number of hydrogen-bond acceptors (Lipinski definition) is 3. The Morgan fingerprint density at radius 3 is 3.16 bits per heavy atom. The van der Waals surface area contributed by atoms with Crippen molar-refractivity contribution in [2.24, 2.45) is 11.8 Å². The van der Waals surface area contributed by atoms with Crippen LogP contribution in [0, 0.1) is 17.7 Å². The summed E-state index contributed by atoms with van der Waals surface area (Å²) >= 11 is 6.23. The van der Waals surface area contributed by atoms with Crippen LogP contribution in [0.2, 0.25) is 5.02 Å². The van der Waals surface area contributed by atoms with Crippen molar-refractivity contribution in [3.63, 3.8) is 0 Å². The van der Waals surface area contributed by atoms with E-state index in [0.717, 1.165) is 31.5 Å². The number of fused-ring (bicyclic) bond motifs is 1. The summed E-state index contributed by atoms with van der Waals surface area (Å²) in [6.45, 7) is 4.97. The van der Waals surface area contributed by atoms with E-state index in [0.29, 0.717) is 36.4 Å². The molecular weight excluding hydrogens is 343 g/mol. The van der Waals surface area contributed by atoms with Crippen molar-refractivity contribution >= 4 is 17.5 Å². The first-order chi connectivity index (χ1) is 12.0. The summed E-state index contributed by atoms with van der Waals surface area (Å²) < 4.78 is 19.9. The van der Waals surface area contributed by atoms with Crippen LogP contribution in [0.5, 0.6) is 0 Å². The highest BCUT2D eigenvalue weighted by atomic mass is 35.5. The Balaban J connectivity index is 1.46. The lowest BCUT2D eigenvalue weighted by Gasteiger charge is -2.29. The predicted octanol–water partition coefficient (Wildman–Crippen LogP) is 2.98. The lowest BCUT2D eigenvalue weighted by Crippen LogP contribution is -2.41. The maximum atomic E-state index is 13.5. The molecule has 0 unspecified atom stereocenters. The molecule has 3 aliphatic rings. The highest BCUT2D eigenvalue weighted by Crippen LogP contribution is 2.54. The minimum absolute atomic E-state index is 0.0912. The van der Waals surface area contributed by atoms with Crippen LogP contribution < -0.4 is 5.32 Å². The third-order valence-electron chi connectivity index (χ3n) is 6.11. The van der Waals surface area contributed by atoms with E-state index in [9.17, 15) is 9.18 Å². The summed E-state index contributed by atoms with van der Waals surface area (Å²) in [6, 6.07) is 4.53. The zero-order chi connectivity index (χ0) is 17.6. The second-order valence-corrected chi connectivity index (χ2v) is 8.00. The molecular formula is C19H24ClFN2O2. The lowest BCUT2D eigenvalue weighted by atomic mass is 9.73. The number of nitrogens with zero attached hydrogens (tertiary/aromatic N) is 1. The molecule has 6 heteroatoms. The summed E-state index contributed by atoms with van der Waals surface area (Å²) in [5, 5.41) is 3.65. The predicted molar refractivity (Wildman–Crippen MR) is 93.8 cm³/mol. The van der Waals surface area contributed by atoms with Crippen molar-refractivity contribution in [2.45, 2.75) is 44.4 Å². The van der Waals surface area contributed by atoms with Gasteiger partial charge in [-0.2, -0.15) is 0 Å². The smallest absolute Gasteiger partial charge is 0.219 e. The Morgan fingerprint density at radius 1 is 1.52 bits per heavy atom. The standard InChI is InChI=1S/C19H24ClFN2O2/c1-2-18(24)22-8-14-15-10-23(11-19(15)6-5-17(14)25-19)9-12-7-13(21)3-4-16(12)20/h3-4,7,14-15,17H,2,5-6,8-11H2,1H3,(H,22,24)/t14-,15+,17+,19+/m0/s1. The van der Waals surface area contributed by atoms with E-state index in [4.69, 9.17) is 16.3 Å². The van der Waals surface area contributed by atoms with Crippen LogP contribution >= 0.6 is 11.6 Å². The molecule has 25 heavy (non-hydrogen) atoms. The number of amides is 1. The Morgan fingerprint density at radius 2 is 2.36 bits per heavy atom. The van der Waals surface area contributed by atoms with Crippen LogP contribution in [-0.4, -0.2) is 42.1 Å². The Kier molecular flexibility index (Phi) is 4.50. The van der Waals surface area contributed by atoms with Gasteiger partial charge in [0, 0.05) is 49.5 Å². The van der Waals surface area contributed by atoms with Gasteiger partial charge in [0.1, 0.15) is 5.82 Å². The van der Waals surface area contributed by atoms with Gasteiger partial charge >= 0.3 is 0 Å². The van der Waals surface area contributed by atoms with Crippen LogP contribution in [0.25, 0.3) is 0 Å². The first-order valence-electron chi connectivity index (χ1n) is 9.11. The largest absolute Gasteiger partial charge is 0.370 e. The molecule has 1 aromatic carbocycles. The van der Waals surface area contributed by atoms with Crippen LogP contribution in [0.4, 0.5) is 4.39 Å². The van der Waals surface area contributed by atoms with Crippen molar-refractivity contribution in [2.75, 3.05) is 19.6 Å². The molecule has 3 saturated heterocycles. The molecule has 0 saturated carbocycles. The van der Waals surface area contributed by atoms with Gasteiger partial charge in [-0.3, -0.25) is 9.69 Å². The van der Waals surface area contributed by atoms with Crippen molar-refractivity contribution in [3.8, 4) is 0 Å². The fourth-order valence-electron chi connectivity index (χ4n) is 4.94. The normalized spacial score (nSPS) is 33.6. The number of ether oxygens (including phenoxy) is 1. The highest BCUT2D eigenvalue weighted by Gasteiger charge is 2.62. The average molecular weight is 367 g/mol. The molecule has 1 aromatic rings. The van der Waals surface area contributed by atoms with Gasteiger partial charge in [0.05, 0.1) is 11.7 Å². The van der Waals surface area contributed by atoms with E-state index in [-0.39, 0.29) is 23.4 Å². The number of nitrogens with one attached hydrogen (secondary N) is 1. The number of benzene rings is 1. The molecule has 2 bridgehead atoms. The first kappa shape index (κ1) is 17.3. The molecule has 0 radical (unpaired) electrons. The van der Waals surface area contributed by atoms with E-state index in [1.807, 2.05) is 6.92 Å². The number of likely N-dealkylation sites (tertiary alicyclic amines) is 1. The van der Waals surface area contributed by atoms with E-state index in [2.05, 4.69) is 10.2 Å². The fourth-order valence-corrected chi connectivity index (χ4v) is 5.12. The number of carbonyl (C=O) groups excluding carboxylic acids is 1. The van der Waals surface area contributed by atoms with E-state index < -0.39 is 0 Å². The van der Waals surface area contributed by atoms with Gasteiger partial charge in [-0.25, -0.2) is 4.39 Å². The molecule has 4 atom stereocenters. The molecule has 3 fully saturated rings. The van der Waals surface area contributed by atoms with Gasteiger partial charge < -0.3 is 10.1 Å². The van der Waals surface area contributed by atoms with E-state index in [1.165, 1.54) is 12.1 Å². The minimum atomic E-state index is -0.255. The van der Waals surface area contributed by atoms with Gasteiger partial charge in [0.2, 0.25) is 5.91 Å². The topological polar surface area (TPSA) is 41.6 Å². The molecule has 0 aromatic heterocycles.